The van der Waals surface area contributed by atoms with E-state index in [9.17, 15) is 18.0 Å². The van der Waals surface area contributed by atoms with Crippen LogP contribution in [0.3, 0.4) is 0 Å². The second-order valence-corrected chi connectivity index (χ2v) is 10.7. The van der Waals surface area contributed by atoms with Crippen molar-refractivity contribution in [2.24, 2.45) is 0 Å². The van der Waals surface area contributed by atoms with Crippen molar-refractivity contribution in [3.8, 4) is 0 Å². The summed E-state index contributed by atoms with van der Waals surface area (Å²) in [6, 6.07) is 11.0. The molecule has 0 radical (unpaired) electrons. The molecule has 2 aromatic heterocycles. The number of rotatable bonds is 8. The predicted octanol–water partition coefficient (Wildman–Crippen LogP) is 3.55. The Hall–Kier alpha value is -3.67. The third-order valence-electron chi connectivity index (χ3n) is 6.21. The molecule has 2 amide bonds. The molecule has 11 heteroatoms. The highest BCUT2D eigenvalue weighted by molar-refractivity contribution is 7.89. The molecule has 1 aromatic carbocycles. The summed E-state index contributed by atoms with van der Waals surface area (Å²) < 4.78 is 38.7. The van der Waals surface area contributed by atoms with Crippen LogP contribution in [0.4, 0.5) is 11.6 Å². The van der Waals surface area contributed by atoms with Crippen LogP contribution in [0.1, 0.15) is 40.5 Å². The first kappa shape index (κ1) is 24.0. The highest BCUT2D eigenvalue weighted by atomic mass is 32.2. The molecule has 5 rings (SSSR count). The van der Waals surface area contributed by atoms with Crippen LogP contribution >= 0.6 is 0 Å². The summed E-state index contributed by atoms with van der Waals surface area (Å²) in [5, 5.41) is 5.26. The first-order chi connectivity index (χ1) is 17.3. The molecular formula is C25H26N4O6S. The molecule has 2 aliphatic rings. The van der Waals surface area contributed by atoms with Crippen molar-refractivity contribution in [2.45, 2.75) is 37.4 Å². The van der Waals surface area contributed by atoms with Gasteiger partial charge in [-0.25, -0.2) is 8.42 Å². The molecule has 10 nitrogen and oxygen atoms in total. The van der Waals surface area contributed by atoms with Crippen LogP contribution in [0.15, 0.2) is 68.8 Å². The van der Waals surface area contributed by atoms with Gasteiger partial charge in [-0.1, -0.05) is 6.58 Å². The normalized spacial score (nSPS) is 16.1. The van der Waals surface area contributed by atoms with Crippen LogP contribution in [0.2, 0.25) is 0 Å². The Kier molecular flexibility index (Phi) is 6.52. The summed E-state index contributed by atoms with van der Waals surface area (Å²) in [6.45, 7) is 6.31. The fourth-order valence-corrected chi connectivity index (χ4v) is 5.72. The van der Waals surface area contributed by atoms with E-state index < -0.39 is 21.8 Å². The van der Waals surface area contributed by atoms with Crippen LogP contribution in [0.25, 0.3) is 0 Å². The number of carbonyl (C=O) groups is 2. The summed E-state index contributed by atoms with van der Waals surface area (Å²) in [4.78, 5) is 26.4. The van der Waals surface area contributed by atoms with Crippen molar-refractivity contribution in [3.05, 3.63) is 78.0 Å². The Morgan fingerprint density at radius 3 is 2.44 bits per heavy atom. The van der Waals surface area contributed by atoms with E-state index in [1.54, 1.807) is 18.2 Å². The van der Waals surface area contributed by atoms with Crippen LogP contribution in [-0.4, -0.2) is 42.5 Å². The summed E-state index contributed by atoms with van der Waals surface area (Å²) in [5.74, 6) is 0.861. The predicted molar refractivity (Wildman–Crippen MR) is 132 cm³/mol. The van der Waals surface area contributed by atoms with Gasteiger partial charge in [0.1, 0.15) is 11.5 Å². The summed E-state index contributed by atoms with van der Waals surface area (Å²) >= 11 is 0. The van der Waals surface area contributed by atoms with E-state index in [0.717, 1.165) is 24.9 Å². The highest BCUT2D eigenvalue weighted by Crippen LogP contribution is 2.33. The third kappa shape index (κ3) is 4.99. The number of hydrogen-bond donors (Lipinski definition) is 2. The molecule has 2 N–H and O–H groups in total. The van der Waals surface area contributed by atoms with Gasteiger partial charge in [-0.05, 0) is 68.4 Å². The molecule has 1 saturated heterocycles. The highest BCUT2D eigenvalue weighted by Gasteiger charge is 2.33. The minimum absolute atomic E-state index is 0.0539. The number of likely N-dealkylation sites (tertiary alicyclic amines) is 1. The van der Waals surface area contributed by atoms with Gasteiger partial charge in [0.2, 0.25) is 15.9 Å². The number of anilines is 2. The summed E-state index contributed by atoms with van der Waals surface area (Å²) in [6.07, 6.45) is 3.48. The van der Waals surface area contributed by atoms with Gasteiger partial charge in [0.15, 0.2) is 11.6 Å². The van der Waals surface area contributed by atoms with E-state index in [1.165, 1.54) is 41.4 Å². The quantitative estimate of drug-likeness (QED) is 0.444. The smallest absolute Gasteiger partial charge is 0.291 e. The zero-order valence-electron chi connectivity index (χ0n) is 19.5. The largest absolute Gasteiger partial charge is 0.455 e. The summed E-state index contributed by atoms with van der Waals surface area (Å²) in [5.41, 5.74) is 1.14. The number of amides is 2. The zero-order valence-corrected chi connectivity index (χ0v) is 20.3. The molecule has 0 unspecified atom stereocenters. The van der Waals surface area contributed by atoms with Crippen molar-refractivity contribution >= 4 is 33.4 Å². The first-order valence-corrected chi connectivity index (χ1v) is 13.0. The lowest BCUT2D eigenvalue weighted by molar-refractivity contribution is -0.112. The molecular weight excluding hydrogens is 484 g/mol. The van der Waals surface area contributed by atoms with Crippen molar-refractivity contribution in [3.63, 3.8) is 0 Å². The second kappa shape index (κ2) is 9.76. The maximum Gasteiger partial charge on any atom is 0.291 e. The van der Waals surface area contributed by atoms with Gasteiger partial charge < -0.3 is 14.2 Å². The zero-order chi connectivity index (χ0) is 25.3. The molecule has 3 aromatic rings. The topological polar surface area (TPSA) is 125 Å². The number of carbonyl (C=O) groups excluding carboxylic acids is 2. The van der Waals surface area contributed by atoms with E-state index in [0.29, 0.717) is 23.6 Å². The van der Waals surface area contributed by atoms with Gasteiger partial charge in [0, 0.05) is 23.9 Å². The molecule has 2 aliphatic heterocycles. The maximum absolute atomic E-state index is 13.1. The van der Waals surface area contributed by atoms with Crippen molar-refractivity contribution in [2.75, 3.05) is 23.7 Å². The van der Waals surface area contributed by atoms with E-state index in [1.807, 2.05) is 0 Å². The average Bonchev–Trinajstić information content (AvgIpc) is 3.65. The number of sulfonamides is 1. The molecule has 0 saturated carbocycles. The Balaban J connectivity index is 1.20. The van der Waals surface area contributed by atoms with Crippen molar-refractivity contribution in [1.82, 2.24) is 9.21 Å². The van der Waals surface area contributed by atoms with Crippen LogP contribution in [0, 0.1) is 0 Å². The number of furan rings is 2. The molecule has 4 heterocycles. The van der Waals surface area contributed by atoms with Gasteiger partial charge in [-0.3, -0.25) is 19.8 Å². The second-order valence-electron chi connectivity index (χ2n) is 8.75. The number of nitrogens with zero attached hydrogens (tertiary/aromatic N) is 2. The minimum Gasteiger partial charge on any atom is -0.455 e. The average molecular weight is 511 g/mol. The molecule has 188 valence electrons. The van der Waals surface area contributed by atoms with Gasteiger partial charge in [-0.2, -0.15) is 4.31 Å². The lowest BCUT2D eigenvalue weighted by Crippen LogP contribution is -2.25. The molecule has 0 atom stereocenters. The first-order valence-electron chi connectivity index (χ1n) is 11.6. The van der Waals surface area contributed by atoms with E-state index in [4.69, 9.17) is 8.83 Å². The Labute approximate surface area is 208 Å². The third-order valence-corrected chi connectivity index (χ3v) is 8.01. The standard InChI is InChI=1S/C25H26N4O6S/c1-2-23(30)27-24-13-17-14-29(16-22(17)35-24)36(32,33)20-8-5-18(6-9-20)26-25(31)21-10-7-19(34-21)15-28-11-3-4-12-28/h2,5-10,13H,1,3-4,11-12,14-16H2,(H,26,31)(H,27,30). The molecule has 36 heavy (non-hydrogen) atoms. The number of benzene rings is 1. The maximum atomic E-state index is 13.1. The van der Waals surface area contributed by atoms with Gasteiger partial charge in [0.05, 0.1) is 18.0 Å². The van der Waals surface area contributed by atoms with E-state index in [-0.39, 0.29) is 29.6 Å². The summed E-state index contributed by atoms with van der Waals surface area (Å²) in [7, 11) is -3.79. The monoisotopic (exact) mass is 510 g/mol. The molecule has 1 fully saturated rings. The number of hydrogen-bond acceptors (Lipinski definition) is 7. The van der Waals surface area contributed by atoms with Crippen molar-refractivity contribution < 1.29 is 26.8 Å². The Morgan fingerprint density at radius 2 is 1.75 bits per heavy atom. The molecule has 0 spiro atoms. The SMILES string of the molecule is C=CC(=O)Nc1cc2c(o1)CN(S(=O)(=O)c1ccc(NC(=O)c3ccc(CN4CCCC4)o3)cc1)C2. The van der Waals surface area contributed by atoms with Crippen LogP contribution in [0.5, 0.6) is 0 Å². The lowest BCUT2D eigenvalue weighted by Gasteiger charge is -2.16. The number of nitrogens with one attached hydrogen (secondary N) is 2. The molecule has 0 aliphatic carbocycles. The fourth-order valence-electron chi connectivity index (χ4n) is 4.34. The minimum atomic E-state index is -3.79. The van der Waals surface area contributed by atoms with Gasteiger partial charge in [0.25, 0.3) is 5.91 Å². The Bertz CT molecular complexity index is 1380. The Morgan fingerprint density at radius 1 is 1.00 bits per heavy atom. The van der Waals surface area contributed by atoms with Gasteiger partial charge in [-0.15, -0.1) is 0 Å². The van der Waals surface area contributed by atoms with E-state index >= 15 is 0 Å². The lowest BCUT2D eigenvalue weighted by atomic mass is 10.3. The van der Waals surface area contributed by atoms with Crippen molar-refractivity contribution in [1.29, 1.82) is 0 Å². The van der Waals surface area contributed by atoms with Crippen LogP contribution in [-0.2, 0) is 34.5 Å². The van der Waals surface area contributed by atoms with Gasteiger partial charge >= 0.3 is 0 Å². The number of fused-ring (bicyclic) bond motifs is 1. The molecule has 0 bridgehead atoms. The van der Waals surface area contributed by atoms with Crippen LogP contribution < -0.4 is 10.6 Å². The fraction of sp³-hybridized carbons (Fsp3) is 0.280. The van der Waals surface area contributed by atoms with E-state index in [2.05, 4.69) is 22.1 Å².